The van der Waals surface area contributed by atoms with E-state index in [2.05, 4.69) is 5.32 Å². The number of nitro groups is 1. The summed E-state index contributed by atoms with van der Waals surface area (Å²) in [5, 5.41) is 13.7. The Labute approximate surface area is 99.7 Å². The molecule has 0 spiro atoms. The molecule has 1 aromatic rings. The molecule has 0 saturated heterocycles. The fourth-order valence-corrected chi connectivity index (χ4v) is 1.41. The Morgan fingerprint density at radius 1 is 1.41 bits per heavy atom. The first-order valence-electron chi connectivity index (χ1n) is 5.21. The molecule has 0 aliphatic heterocycles. The van der Waals surface area contributed by atoms with Crippen LogP contribution in [0.2, 0.25) is 0 Å². The van der Waals surface area contributed by atoms with E-state index >= 15 is 0 Å². The van der Waals surface area contributed by atoms with Gasteiger partial charge >= 0.3 is 0 Å². The van der Waals surface area contributed by atoms with Crippen molar-refractivity contribution in [1.29, 1.82) is 0 Å². The van der Waals surface area contributed by atoms with Crippen molar-refractivity contribution >= 4 is 5.69 Å². The number of likely N-dealkylation sites (N-methyl/N-ethyl adjacent to an activating group) is 1. The zero-order valence-corrected chi connectivity index (χ0v) is 10.1. The Morgan fingerprint density at radius 3 is 2.59 bits per heavy atom. The van der Waals surface area contributed by atoms with Crippen molar-refractivity contribution in [3.8, 4) is 11.5 Å². The molecule has 1 N–H and O–H groups in total. The van der Waals surface area contributed by atoms with E-state index in [-0.39, 0.29) is 11.8 Å². The van der Waals surface area contributed by atoms with Crippen molar-refractivity contribution < 1.29 is 14.4 Å². The second-order valence-electron chi connectivity index (χ2n) is 3.61. The molecule has 0 radical (unpaired) electrons. The lowest BCUT2D eigenvalue weighted by Crippen LogP contribution is -2.26. The largest absolute Gasteiger partial charge is 0.496 e. The molecular formula is C11H16N2O4. The molecule has 1 atom stereocenters. The number of nitrogens with zero attached hydrogens (tertiary/aromatic N) is 1. The van der Waals surface area contributed by atoms with Gasteiger partial charge in [0.15, 0.2) is 0 Å². The molecule has 94 valence electrons. The lowest BCUT2D eigenvalue weighted by atomic mass is 10.2. The van der Waals surface area contributed by atoms with Gasteiger partial charge in [-0.05, 0) is 14.0 Å². The second-order valence-corrected chi connectivity index (χ2v) is 3.61. The third-order valence-electron chi connectivity index (χ3n) is 2.14. The summed E-state index contributed by atoms with van der Waals surface area (Å²) in [6.45, 7) is 2.53. The van der Waals surface area contributed by atoms with Gasteiger partial charge in [-0.3, -0.25) is 10.1 Å². The number of nitro benzene ring substituents is 1. The highest BCUT2D eigenvalue weighted by atomic mass is 16.6. The molecule has 1 unspecified atom stereocenters. The van der Waals surface area contributed by atoms with Gasteiger partial charge in [-0.1, -0.05) is 0 Å². The Hall–Kier alpha value is -1.82. The van der Waals surface area contributed by atoms with Crippen molar-refractivity contribution in [2.45, 2.75) is 13.0 Å². The van der Waals surface area contributed by atoms with Crippen molar-refractivity contribution in [3.05, 3.63) is 28.3 Å². The monoisotopic (exact) mass is 240 g/mol. The van der Waals surface area contributed by atoms with Crippen LogP contribution in [0, 0.1) is 10.1 Å². The van der Waals surface area contributed by atoms with Gasteiger partial charge in [0.2, 0.25) is 0 Å². The smallest absolute Gasteiger partial charge is 0.276 e. The maximum Gasteiger partial charge on any atom is 0.276 e. The summed E-state index contributed by atoms with van der Waals surface area (Å²) in [5.74, 6) is 0.838. The van der Waals surface area contributed by atoms with Crippen molar-refractivity contribution in [3.63, 3.8) is 0 Å². The van der Waals surface area contributed by atoms with E-state index in [9.17, 15) is 10.1 Å². The predicted molar refractivity (Wildman–Crippen MR) is 63.7 cm³/mol. The number of rotatable bonds is 6. The molecule has 6 heteroatoms. The number of nitrogens with one attached hydrogen (secondary N) is 1. The number of non-ortho nitro benzene ring substituents is 1. The predicted octanol–water partition coefficient (Wildman–Crippen LogP) is 1.59. The van der Waals surface area contributed by atoms with Crippen LogP contribution in [0.4, 0.5) is 5.69 Å². The molecule has 0 saturated carbocycles. The summed E-state index contributed by atoms with van der Waals surface area (Å²) in [4.78, 5) is 10.2. The SMILES string of the molecule is CNCC(C)Oc1cc(OC)cc([N+](=O)[O-])c1. The lowest BCUT2D eigenvalue weighted by molar-refractivity contribution is -0.385. The zero-order chi connectivity index (χ0) is 12.8. The van der Waals surface area contributed by atoms with Crippen LogP contribution in [0.1, 0.15) is 6.92 Å². The molecule has 0 amide bonds. The minimum atomic E-state index is -0.474. The van der Waals surface area contributed by atoms with Crippen LogP contribution in [-0.4, -0.2) is 31.7 Å². The van der Waals surface area contributed by atoms with Crippen LogP contribution in [-0.2, 0) is 0 Å². The van der Waals surface area contributed by atoms with Gasteiger partial charge in [0.05, 0.1) is 24.2 Å². The molecular weight excluding hydrogens is 224 g/mol. The maximum absolute atomic E-state index is 10.7. The summed E-state index contributed by atoms with van der Waals surface area (Å²) in [6.07, 6.45) is -0.0771. The number of ether oxygens (including phenoxy) is 2. The fourth-order valence-electron chi connectivity index (χ4n) is 1.41. The average Bonchev–Trinajstić information content (AvgIpc) is 2.28. The third kappa shape index (κ3) is 3.92. The van der Waals surface area contributed by atoms with E-state index in [0.717, 1.165) is 0 Å². The van der Waals surface area contributed by atoms with Gasteiger partial charge in [0.25, 0.3) is 5.69 Å². The van der Waals surface area contributed by atoms with Gasteiger partial charge in [-0.15, -0.1) is 0 Å². The topological polar surface area (TPSA) is 73.6 Å². The molecule has 0 fully saturated rings. The quantitative estimate of drug-likeness (QED) is 0.603. The standard InChI is InChI=1S/C11H16N2O4/c1-8(7-12-2)17-11-5-9(13(14)15)4-10(6-11)16-3/h4-6,8,12H,7H2,1-3H3. The van der Waals surface area contributed by atoms with Crippen LogP contribution in [0.15, 0.2) is 18.2 Å². The van der Waals surface area contributed by atoms with E-state index in [4.69, 9.17) is 9.47 Å². The number of benzene rings is 1. The Bertz CT molecular complexity index is 395. The molecule has 0 heterocycles. The fraction of sp³-hybridized carbons (Fsp3) is 0.455. The molecule has 0 aromatic heterocycles. The van der Waals surface area contributed by atoms with Crippen LogP contribution in [0.5, 0.6) is 11.5 Å². The van der Waals surface area contributed by atoms with Gasteiger partial charge in [-0.25, -0.2) is 0 Å². The van der Waals surface area contributed by atoms with Gasteiger partial charge in [0, 0.05) is 12.6 Å². The highest BCUT2D eigenvalue weighted by Crippen LogP contribution is 2.27. The van der Waals surface area contributed by atoms with Crippen LogP contribution in [0.3, 0.4) is 0 Å². The summed E-state index contributed by atoms with van der Waals surface area (Å²) in [7, 11) is 3.27. The molecule has 6 nitrogen and oxygen atoms in total. The number of hydrogen-bond donors (Lipinski definition) is 1. The average molecular weight is 240 g/mol. The molecule has 0 aliphatic carbocycles. The lowest BCUT2D eigenvalue weighted by Gasteiger charge is -2.14. The minimum absolute atomic E-state index is 0.0454. The normalized spacial score (nSPS) is 11.9. The van der Waals surface area contributed by atoms with Crippen LogP contribution < -0.4 is 14.8 Å². The number of hydrogen-bond acceptors (Lipinski definition) is 5. The third-order valence-corrected chi connectivity index (χ3v) is 2.14. The molecule has 0 aliphatic rings. The first-order valence-corrected chi connectivity index (χ1v) is 5.21. The Morgan fingerprint density at radius 2 is 2.06 bits per heavy atom. The van der Waals surface area contributed by atoms with Gasteiger partial charge in [0.1, 0.15) is 17.6 Å². The first kappa shape index (κ1) is 13.2. The van der Waals surface area contributed by atoms with Crippen LogP contribution >= 0.6 is 0 Å². The minimum Gasteiger partial charge on any atom is -0.496 e. The van der Waals surface area contributed by atoms with E-state index in [1.165, 1.54) is 19.2 Å². The van der Waals surface area contributed by atoms with Crippen molar-refractivity contribution in [2.24, 2.45) is 0 Å². The van der Waals surface area contributed by atoms with Gasteiger partial charge in [-0.2, -0.15) is 0 Å². The maximum atomic E-state index is 10.7. The summed E-state index contributed by atoms with van der Waals surface area (Å²) < 4.78 is 10.5. The molecule has 0 bridgehead atoms. The Balaban J connectivity index is 2.90. The second kappa shape index (κ2) is 6.05. The van der Waals surface area contributed by atoms with Crippen LogP contribution in [0.25, 0.3) is 0 Å². The molecule has 17 heavy (non-hydrogen) atoms. The zero-order valence-electron chi connectivity index (χ0n) is 10.1. The van der Waals surface area contributed by atoms with E-state index in [0.29, 0.717) is 18.0 Å². The van der Waals surface area contributed by atoms with E-state index < -0.39 is 4.92 Å². The first-order chi connectivity index (χ1) is 8.06. The van der Waals surface area contributed by atoms with E-state index in [1.54, 1.807) is 6.07 Å². The summed E-state index contributed by atoms with van der Waals surface area (Å²) >= 11 is 0. The number of methoxy groups -OCH3 is 1. The summed E-state index contributed by atoms with van der Waals surface area (Å²) in [6, 6.07) is 4.36. The van der Waals surface area contributed by atoms with E-state index in [1.807, 2.05) is 14.0 Å². The summed E-state index contributed by atoms with van der Waals surface area (Å²) in [5.41, 5.74) is -0.0454. The van der Waals surface area contributed by atoms with Crippen molar-refractivity contribution in [2.75, 3.05) is 20.7 Å². The molecule has 1 rings (SSSR count). The van der Waals surface area contributed by atoms with Gasteiger partial charge < -0.3 is 14.8 Å². The van der Waals surface area contributed by atoms with Crippen molar-refractivity contribution in [1.82, 2.24) is 5.32 Å². The highest BCUT2D eigenvalue weighted by molar-refractivity contribution is 5.46. The highest BCUT2D eigenvalue weighted by Gasteiger charge is 2.12. The Kier molecular flexibility index (Phi) is 4.71. The molecule has 1 aromatic carbocycles.